The third-order valence-electron chi connectivity index (χ3n) is 5.54. The number of aryl methyl sites for hydroxylation is 1. The van der Waals surface area contributed by atoms with Gasteiger partial charge >= 0.3 is 0 Å². The molecule has 0 aromatic heterocycles. The van der Waals surface area contributed by atoms with E-state index >= 15 is 0 Å². The maximum absolute atomic E-state index is 12.4. The Labute approximate surface area is 191 Å². The van der Waals surface area contributed by atoms with Crippen LogP contribution >= 0.6 is 0 Å². The van der Waals surface area contributed by atoms with Crippen molar-refractivity contribution in [1.29, 1.82) is 0 Å². The minimum atomic E-state index is -0.0589. The molecule has 4 nitrogen and oxygen atoms in total. The van der Waals surface area contributed by atoms with Crippen LogP contribution in [0.3, 0.4) is 0 Å². The number of nitrogens with one attached hydrogen (secondary N) is 2. The molecule has 0 atom stereocenters. The van der Waals surface area contributed by atoms with E-state index in [1.807, 2.05) is 37.3 Å². The molecule has 0 fully saturated rings. The van der Waals surface area contributed by atoms with E-state index in [1.165, 1.54) is 16.7 Å². The molecule has 0 saturated heterocycles. The summed E-state index contributed by atoms with van der Waals surface area (Å²) in [7, 11) is 0. The first-order valence-electron chi connectivity index (χ1n) is 11.0. The fraction of sp³-hybridized carbons (Fsp3) is 0.286. The second-order valence-corrected chi connectivity index (χ2v) is 9.20. The summed E-state index contributed by atoms with van der Waals surface area (Å²) in [5, 5.41) is 6.30. The van der Waals surface area contributed by atoms with Gasteiger partial charge in [-0.1, -0.05) is 51.6 Å². The maximum Gasteiger partial charge on any atom is 0.230 e. The van der Waals surface area contributed by atoms with Gasteiger partial charge in [0.05, 0.1) is 13.0 Å². The predicted octanol–water partition coefficient (Wildman–Crippen LogP) is 6.87. The normalized spacial score (nSPS) is 13.7. The fourth-order valence-electron chi connectivity index (χ4n) is 3.48. The Balaban J connectivity index is 1.57. The summed E-state index contributed by atoms with van der Waals surface area (Å²) >= 11 is 0. The van der Waals surface area contributed by atoms with Crippen LogP contribution < -0.4 is 10.6 Å². The highest BCUT2D eigenvalue weighted by Gasteiger charge is 2.21. The van der Waals surface area contributed by atoms with Crippen LogP contribution in [0.4, 0.5) is 11.4 Å². The molecule has 0 spiro atoms. The first kappa shape index (κ1) is 23.3. The summed E-state index contributed by atoms with van der Waals surface area (Å²) in [5.74, 6) is -0.0589. The zero-order chi connectivity index (χ0) is 23.3. The number of carbonyl (C=O) groups is 1. The van der Waals surface area contributed by atoms with Crippen molar-refractivity contribution in [2.75, 3.05) is 17.2 Å². The van der Waals surface area contributed by atoms with Crippen LogP contribution in [0.5, 0.6) is 0 Å². The number of benzene rings is 2. The molecule has 1 aliphatic rings. The Morgan fingerprint density at radius 1 is 1.09 bits per heavy atom. The molecule has 1 heterocycles. The second-order valence-electron chi connectivity index (χ2n) is 9.20. The molecular formula is C28H33N3O. The topological polar surface area (TPSA) is 53.5 Å². The molecule has 166 valence electrons. The van der Waals surface area contributed by atoms with Crippen LogP contribution in [-0.2, 0) is 4.79 Å². The van der Waals surface area contributed by atoms with E-state index < -0.39 is 0 Å². The second kappa shape index (κ2) is 9.82. The van der Waals surface area contributed by atoms with Gasteiger partial charge in [0.15, 0.2) is 0 Å². The smallest absolute Gasteiger partial charge is 0.230 e. The quantitative estimate of drug-likeness (QED) is 0.507. The minimum absolute atomic E-state index is 0.0589. The molecule has 32 heavy (non-hydrogen) atoms. The maximum atomic E-state index is 12.4. The molecule has 1 aliphatic heterocycles. The van der Waals surface area contributed by atoms with Crippen LogP contribution in [-0.4, -0.2) is 18.2 Å². The molecule has 0 radical (unpaired) electrons. The third-order valence-corrected chi connectivity index (χ3v) is 5.54. The molecular weight excluding hydrogens is 394 g/mol. The lowest BCUT2D eigenvalue weighted by molar-refractivity contribution is -0.115. The van der Waals surface area contributed by atoms with Gasteiger partial charge in [-0.25, -0.2) is 0 Å². The van der Waals surface area contributed by atoms with Gasteiger partial charge in [-0.15, -0.1) is 0 Å². The van der Waals surface area contributed by atoms with Gasteiger partial charge in [-0.2, -0.15) is 0 Å². The minimum Gasteiger partial charge on any atom is -0.356 e. The van der Waals surface area contributed by atoms with E-state index in [2.05, 4.69) is 80.3 Å². The van der Waals surface area contributed by atoms with Gasteiger partial charge in [-0.05, 0) is 77.9 Å². The number of rotatable bonds is 7. The van der Waals surface area contributed by atoms with Gasteiger partial charge in [0.2, 0.25) is 5.91 Å². The van der Waals surface area contributed by atoms with Gasteiger partial charge < -0.3 is 10.6 Å². The van der Waals surface area contributed by atoms with E-state index in [4.69, 9.17) is 0 Å². The van der Waals surface area contributed by atoms with Crippen molar-refractivity contribution in [1.82, 2.24) is 0 Å². The number of aliphatic imine (C=N–C) groups is 1. The molecule has 0 bridgehead atoms. The lowest BCUT2D eigenvalue weighted by atomic mass is 9.86. The molecule has 0 aliphatic carbocycles. The number of allylic oxidation sites excluding steroid dienone is 2. The molecule has 0 unspecified atom stereocenters. The van der Waals surface area contributed by atoms with Crippen molar-refractivity contribution in [3.05, 3.63) is 83.5 Å². The van der Waals surface area contributed by atoms with E-state index in [-0.39, 0.29) is 11.3 Å². The predicted molar refractivity (Wildman–Crippen MR) is 138 cm³/mol. The highest BCUT2D eigenvalue weighted by molar-refractivity contribution is 6.12. The molecule has 0 saturated carbocycles. The highest BCUT2D eigenvalue weighted by atomic mass is 16.1. The first-order chi connectivity index (χ1) is 15.2. The van der Waals surface area contributed by atoms with Crippen molar-refractivity contribution in [3.63, 3.8) is 0 Å². The number of carbonyl (C=O) groups excluding carboxylic acids is 1. The van der Waals surface area contributed by atoms with Crippen molar-refractivity contribution in [2.24, 2.45) is 10.4 Å². The summed E-state index contributed by atoms with van der Waals surface area (Å²) in [4.78, 5) is 16.9. The average molecular weight is 428 g/mol. The zero-order valence-electron chi connectivity index (χ0n) is 19.8. The highest BCUT2D eigenvalue weighted by Crippen LogP contribution is 2.28. The number of hydrogen-bond donors (Lipinski definition) is 2. The summed E-state index contributed by atoms with van der Waals surface area (Å²) < 4.78 is 0. The van der Waals surface area contributed by atoms with Crippen LogP contribution in [0.2, 0.25) is 0 Å². The van der Waals surface area contributed by atoms with Crippen LogP contribution in [0.1, 0.15) is 50.8 Å². The van der Waals surface area contributed by atoms with Gasteiger partial charge in [0.1, 0.15) is 0 Å². The van der Waals surface area contributed by atoms with E-state index in [0.29, 0.717) is 13.0 Å². The molecule has 2 aromatic carbocycles. The van der Waals surface area contributed by atoms with Crippen molar-refractivity contribution in [2.45, 2.75) is 41.0 Å². The average Bonchev–Trinajstić information content (AvgIpc) is 3.20. The summed E-state index contributed by atoms with van der Waals surface area (Å²) in [6, 6.07) is 14.0. The Morgan fingerprint density at radius 2 is 1.75 bits per heavy atom. The lowest BCUT2D eigenvalue weighted by Gasteiger charge is -2.18. The summed E-state index contributed by atoms with van der Waals surface area (Å²) in [6.45, 7) is 15.5. The molecule has 3 rings (SSSR count). The van der Waals surface area contributed by atoms with Crippen LogP contribution in [0.25, 0.3) is 11.8 Å². The molecule has 1 amide bonds. The Kier molecular flexibility index (Phi) is 7.14. The molecule has 2 aromatic rings. The number of hydrogen-bond acceptors (Lipinski definition) is 3. The van der Waals surface area contributed by atoms with E-state index in [1.54, 1.807) is 0 Å². The van der Waals surface area contributed by atoms with Crippen LogP contribution in [0.15, 0.2) is 71.8 Å². The zero-order valence-corrected chi connectivity index (χ0v) is 19.8. The molecule has 4 heteroatoms. The number of amides is 1. The number of nitrogens with zero attached hydrogens (tertiary/aromatic N) is 1. The standard InChI is InChI=1S/C28H33N3O/c1-7-8-21-15-22(10-9-19(21)2)20(3)30-24-11-13-25(14-12-24)31-27(32)17-26-16-23(18-29-26)28(4,5)6/h7-16,30H,3,17-18H2,1-2,4-6H3,(H,31,32)/b8-7-. The van der Waals surface area contributed by atoms with Crippen molar-refractivity contribution < 1.29 is 4.79 Å². The Morgan fingerprint density at radius 3 is 2.34 bits per heavy atom. The summed E-state index contributed by atoms with van der Waals surface area (Å²) in [6.07, 6.45) is 6.48. The summed E-state index contributed by atoms with van der Waals surface area (Å²) in [5.41, 5.74) is 8.15. The number of anilines is 2. The van der Waals surface area contributed by atoms with Crippen LogP contribution in [0, 0.1) is 12.3 Å². The van der Waals surface area contributed by atoms with Crippen molar-refractivity contribution >= 4 is 34.8 Å². The van der Waals surface area contributed by atoms with Gasteiger partial charge in [0.25, 0.3) is 0 Å². The third kappa shape index (κ3) is 6.07. The Hall–Kier alpha value is -3.40. The Bertz CT molecular complexity index is 1100. The first-order valence-corrected chi connectivity index (χ1v) is 11.0. The monoisotopic (exact) mass is 427 g/mol. The van der Waals surface area contributed by atoms with E-state index in [0.717, 1.165) is 28.3 Å². The van der Waals surface area contributed by atoms with Crippen molar-refractivity contribution in [3.8, 4) is 0 Å². The van der Waals surface area contributed by atoms with E-state index in [9.17, 15) is 4.79 Å². The van der Waals surface area contributed by atoms with Gasteiger partial charge in [-0.3, -0.25) is 9.79 Å². The fourth-order valence-corrected chi connectivity index (χ4v) is 3.48. The largest absolute Gasteiger partial charge is 0.356 e. The molecule has 2 N–H and O–H groups in total. The lowest BCUT2D eigenvalue weighted by Crippen LogP contribution is -2.15. The van der Waals surface area contributed by atoms with Gasteiger partial charge in [0, 0.05) is 22.8 Å². The SMILES string of the molecule is C=C(Nc1ccc(NC(=O)CC2=NCC(C(C)(C)C)=C2)cc1)c1ccc(C)c(/C=C\C)c1.